The zero-order valence-corrected chi connectivity index (χ0v) is 12.1. The fourth-order valence-electron chi connectivity index (χ4n) is 1.64. The highest BCUT2D eigenvalue weighted by molar-refractivity contribution is 6.33. The predicted octanol–water partition coefficient (Wildman–Crippen LogP) is 3.01. The summed E-state index contributed by atoms with van der Waals surface area (Å²) in [5, 5.41) is 11.6. The number of hydrogen-bond acceptors (Lipinski definition) is 4. The molecule has 0 bridgehead atoms. The van der Waals surface area contributed by atoms with E-state index < -0.39 is 18.5 Å². The van der Waals surface area contributed by atoms with Crippen molar-refractivity contribution in [3.05, 3.63) is 64.7 Å². The van der Waals surface area contributed by atoms with Crippen molar-refractivity contribution in [2.45, 2.75) is 0 Å². The van der Waals surface area contributed by atoms with Gasteiger partial charge in [0.1, 0.15) is 0 Å². The van der Waals surface area contributed by atoms with E-state index in [0.29, 0.717) is 16.3 Å². The SMILES string of the molecule is N#Cc1ccc(C(=O)OCC(=O)Nc2ccccc2Cl)cc1. The monoisotopic (exact) mass is 314 g/mol. The molecule has 5 nitrogen and oxygen atoms in total. The van der Waals surface area contributed by atoms with Gasteiger partial charge in [-0.1, -0.05) is 23.7 Å². The number of amides is 1. The van der Waals surface area contributed by atoms with Gasteiger partial charge >= 0.3 is 5.97 Å². The average Bonchev–Trinajstić information content (AvgIpc) is 2.55. The van der Waals surface area contributed by atoms with Crippen molar-refractivity contribution >= 4 is 29.2 Å². The Kier molecular flexibility index (Phi) is 5.12. The molecule has 0 fully saturated rings. The molecule has 0 aliphatic rings. The van der Waals surface area contributed by atoms with Gasteiger partial charge < -0.3 is 10.1 Å². The molecule has 22 heavy (non-hydrogen) atoms. The van der Waals surface area contributed by atoms with Crippen molar-refractivity contribution in [1.82, 2.24) is 0 Å². The summed E-state index contributed by atoms with van der Waals surface area (Å²) in [4.78, 5) is 23.5. The molecule has 2 rings (SSSR count). The molecule has 2 aromatic carbocycles. The van der Waals surface area contributed by atoms with E-state index in [-0.39, 0.29) is 5.56 Å². The minimum absolute atomic E-state index is 0.268. The second-order valence-corrected chi connectivity index (χ2v) is 4.70. The quantitative estimate of drug-likeness (QED) is 0.880. The summed E-state index contributed by atoms with van der Waals surface area (Å²) in [7, 11) is 0. The molecule has 0 atom stereocenters. The molecule has 0 aliphatic carbocycles. The van der Waals surface area contributed by atoms with Gasteiger partial charge in [-0.2, -0.15) is 5.26 Å². The number of benzene rings is 2. The predicted molar refractivity (Wildman–Crippen MR) is 81.5 cm³/mol. The molecule has 0 saturated heterocycles. The van der Waals surface area contributed by atoms with Gasteiger partial charge in [-0.3, -0.25) is 4.79 Å². The average molecular weight is 315 g/mol. The lowest BCUT2D eigenvalue weighted by Gasteiger charge is -2.07. The Bertz CT molecular complexity index is 736. The Labute approximate surface area is 132 Å². The highest BCUT2D eigenvalue weighted by atomic mass is 35.5. The number of ether oxygens (including phenoxy) is 1. The van der Waals surface area contributed by atoms with Gasteiger partial charge in [0.2, 0.25) is 0 Å². The van der Waals surface area contributed by atoms with Gasteiger partial charge in [0.15, 0.2) is 6.61 Å². The standard InChI is InChI=1S/C16H11ClN2O3/c17-13-3-1-2-4-14(13)19-15(20)10-22-16(21)12-7-5-11(9-18)6-8-12/h1-8H,10H2,(H,19,20). The van der Waals surface area contributed by atoms with Crippen LogP contribution in [0.2, 0.25) is 5.02 Å². The Hall–Kier alpha value is -2.84. The lowest BCUT2D eigenvalue weighted by Crippen LogP contribution is -2.21. The molecule has 6 heteroatoms. The van der Waals surface area contributed by atoms with E-state index in [1.54, 1.807) is 24.3 Å². The van der Waals surface area contributed by atoms with Gasteiger partial charge in [0, 0.05) is 0 Å². The lowest BCUT2D eigenvalue weighted by molar-refractivity contribution is -0.119. The third-order valence-corrected chi connectivity index (χ3v) is 3.06. The van der Waals surface area contributed by atoms with Crippen LogP contribution in [-0.4, -0.2) is 18.5 Å². The number of anilines is 1. The zero-order chi connectivity index (χ0) is 15.9. The van der Waals surface area contributed by atoms with Crippen LogP contribution < -0.4 is 5.32 Å². The molecule has 0 heterocycles. The van der Waals surface area contributed by atoms with Crippen molar-refractivity contribution < 1.29 is 14.3 Å². The Morgan fingerprint density at radius 3 is 2.45 bits per heavy atom. The van der Waals surface area contributed by atoms with Crippen LogP contribution >= 0.6 is 11.6 Å². The van der Waals surface area contributed by atoms with Crippen LogP contribution in [0.1, 0.15) is 15.9 Å². The van der Waals surface area contributed by atoms with Gasteiger partial charge in [0.05, 0.1) is 27.9 Å². The molecule has 0 unspecified atom stereocenters. The summed E-state index contributed by atoms with van der Waals surface area (Å²) in [6.07, 6.45) is 0. The third-order valence-electron chi connectivity index (χ3n) is 2.73. The summed E-state index contributed by atoms with van der Waals surface area (Å²) in [6.45, 7) is -0.427. The van der Waals surface area contributed by atoms with E-state index in [9.17, 15) is 9.59 Å². The van der Waals surface area contributed by atoms with E-state index in [1.165, 1.54) is 24.3 Å². The second-order valence-electron chi connectivity index (χ2n) is 4.29. The molecule has 0 spiro atoms. The molecule has 2 aromatic rings. The van der Waals surface area contributed by atoms with Crippen LogP contribution in [0.15, 0.2) is 48.5 Å². The minimum Gasteiger partial charge on any atom is -0.452 e. The largest absolute Gasteiger partial charge is 0.452 e. The summed E-state index contributed by atoms with van der Waals surface area (Å²) in [5.41, 5.74) is 1.15. The summed E-state index contributed by atoms with van der Waals surface area (Å²) >= 11 is 5.91. The molecule has 0 saturated carbocycles. The van der Waals surface area contributed by atoms with Gasteiger partial charge in [-0.25, -0.2) is 4.79 Å². The van der Waals surface area contributed by atoms with Crippen molar-refractivity contribution in [2.75, 3.05) is 11.9 Å². The van der Waals surface area contributed by atoms with Crippen LogP contribution in [0.25, 0.3) is 0 Å². The van der Waals surface area contributed by atoms with Crippen LogP contribution in [0, 0.1) is 11.3 Å². The van der Waals surface area contributed by atoms with Crippen molar-refractivity contribution in [3.63, 3.8) is 0 Å². The molecule has 110 valence electrons. The molecule has 0 radical (unpaired) electrons. The van der Waals surface area contributed by atoms with E-state index in [2.05, 4.69) is 5.32 Å². The number of nitrogens with zero attached hydrogens (tertiary/aromatic N) is 1. The zero-order valence-electron chi connectivity index (χ0n) is 11.4. The highest BCUT2D eigenvalue weighted by Gasteiger charge is 2.11. The van der Waals surface area contributed by atoms with Crippen LogP contribution in [0.5, 0.6) is 0 Å². The second kappa shape index (κ2) is 7.25. The van der Waals surface area contributed by atoms with Crippen LogP contribution in [0.3, 0.4) is 0 Å². The number of halogens is 1. The van der Waals surface area contributed by atoms with E-state index >= 15 is 0 Å². The topological polar surface area (TPSA) is 79.2 Å². The third kappa shape index (κ3) is 4.08. The number of carbonyl (C=O) groups is 2. The van der Waals surface area contributed by atoms with Crippen molar-refractivity contribution in [1.29, 1.82) is 5.26 Å². The summed E-state index contributed by atoms with van der Waals surface area (Å²) in [6, 6.07) is 14.6. The smallest absolute Gasteiger partial charge is 0.338 e. The molecule has 1 amide bonds. The first-order valence-electron chi connectivity index (χ1n) is 6.32. The first-order valence-corrected chi connectivity index (χ1v) is 6.69. The van der Waals surface area contributed by atoms with Crippen LogP contribution in [-0.2, 0) is 9.53 Å². The number of rotatable bonds is 4. The number of nitriles is 1. The molecule has 0 aliphatic heterocycles. The summed E-state index contributed by atoms with van der Waals surface area (Å²) in [5.74, 6) is -1.13. The fourth-order valence-corrected chi connectivity index (χ4v) is 1.83. The van der Waals surface area contributed by atoms with Gasteiger partial charge in [-0.05, 0) is 36.4 Å². The first kappa shape index (κ1) is 15.5. The summed E-state index contributed by atoms with van der Waals surface area (Å²) < 4.78 is 4.90. The fraction of sp³-hybridized carbons (Fsp3) is 0.0625. The Morgan fingerprint density at radius 2 is 1.82 bits per heavy atom. The molecule has 0 aromatic heterocycles. The Morgan fingerprint density at radius 1 is 1.14 bits per heavy atom. The highest BCUT2D eigenvalue weighted by Crippen LogP contribution is 2.20. The maximum absolute atomic E-state index is 11.8. The molecule has 1 N–H and O–H groups in total. The molecular weight excluding hydrogens is 304 g/mol. The number of carbonyl (C=O) groups excluding carboxylic acids is 2. The van der Waals surface area contributed by atoms with Gasteiger partial charge in [-0.15, -0.1) is 0 Å². The minimum atomic E-state index is -0.640. The maximum atomic E-state index is 11.8. The van der Waals surface area contributed by atoms with Gasteiger partial charge in [0.25, 0.3) is 5.91 Å². The number of para-hydroxylation sites is 1. The molecular formula is C16H11ClN2O3. The van der Waals surface area contributed by atoms with Crippen LogP contribution in [0.4, 0.5) is 5.69 Å². The maximum Gasteiger partial charge on any atom is 0.338 e. The first-order chi connectivity index (χ1) is 10.6. The van der Waals surface area contributed by atoms with E-state index in [4.69, 9.17) is 21.6 Å². The number of nitrogens with one attached hydrogen (secondary N) is 1. The Balaban J connectivity index is 1.89. The van der Waals surface area contributed by atoms with Crippen molar-refractivity contribution in [2.24, 2.45) is 0 Å². The van der Waals surface area contributed by atoms with E-state index in [1.807, 2.05) is 6.07 Å². The number of esters is 1. The lowest BCUT2D eigenvalue weighted by atomic mass is 10.1. The van der Waals surface area contributed by atoms with E-state index in [0.717, 1.165) is 0 Å². The normalized spacial score (nSPS) is 9.64. The van der Waals surface area contributed by atoms with Crippen molar-refractivity contribution in [3.8, 4) is 6.07 Å². The number of hydrogen-bond donors (Lipinski definition) is 1.